The molecule has 8 nitrogen and oxygen atoms in total. The van der Waals surface area contributed by atoms with Crippen LogP contribution in [0.15, 0.2) is 58.8 Å². The van der Waals surface area contributed by atoms with Crippen molar-refractivity contribution in [3.63, 3.8) is 0 Å². The molecule has 2 aromatic carbocycles. The molecule has 0 radical (unpaired) electrons. The molecule has 1 aromatic heterocycles. The van der Waals surface area contributed by atoms with Gasteiger partial charge in [-0.2, -0.15) is 9.78 Å². The third-order valence-corrected chi connectivity index (χ3v) is 4.37. The summed E-state index contributed by atoms with van der Waals surface area (Å²) in [4.78, 5) is 11.9. The third-order valence-electron chi connectivity index (χ3n) is 3.45. The molecule has 1 amide bonds. The molecule has 0 saturated heterocycles. The molecule has 132 valence electrons. The second kappa shape index (κ2) is 8.26. The monoisotopic (exact) mass is 368 g/mol. The summed E-state index contributed by atoms with van der Waals surface area (Å²) in [6, 6.07) is 14.4. The number of aryl methyl sites for hydroxylation is 1. The van der Waals surface area contributed by atoms with E-state index in [1.807, 2.05) is 31.2 Å². The van der Waals surface area contributed by atoms with Crippen LogP contribution in [0.3, 0.4) is 0 Å². The first kappa shape index (κ1) is 17.6. The predicted octanol–water partition coefficient (Wildman–Crippen LogP) is 1.92. The summed E-state index contributed by atoms with van der Waals surface area (Å²) in [6.45, 7) is 1.96. The molecule has 2 N–H and O–H groups in total. The summed E-state index contributed by atoms with van der Waals surface area (Å²) in [7, 11) is 0. The molecule has 1 heterocycles. The highest BCUT2D eigenvalue weighted by molar-refractivity contribution is 7.99. The number of tetrazole rings is 1. The van der Waals surface area contributed by atoms with Gasteiger partial charge in [0.1, 0.15) is 5.75 Å². The number of hydrazone groups is 1. The average Bonchev–Trinajstić information content (AvgIpc) is 3.10. The molecule has 0 fully saturated rings. The summed E-state index contributed by atoms with van der Waals surface area (Å²) in [5.74, 6) is -0.108. The van der Waals surface area contributed by atoms with Crippen molar-refractivity contribution in [2.75, 3.05) is 5.75 Å². The normalized spacial score (nSPS) is 11.0. The number of aromatic hydroxyl groups is 1. The summed E-state index contributed by atoms with van der Waals surface area (Å²) in [5, 5.41) is 25.6. The summed E-state index contributed by atoms with van der Waals surface area (Å²) in [6.07, 6.45) is 1.38. The standard InChI is InChI=1S/C17H16N6O2S/c1-12-6-2-4-8-14(12)23-17(20-21-22-23)26-11-16(25)19-18-10-13-7-3-5-9-15(13)24/h2-10,24H,11H2,1H3,(H,19,25)/b18-10+. The molecule has 9 heteroatoms. The van der Waals surface area contributed by atoms with Crippen LogP contribution in [0, 0.1) is 6.92 Å². The smallest absolute Gasteiger partial charge is 0.250 e. The Morgan fingerprint density at radius 3 is 2.85 bits per heavy atom. The van der Waals surface area contributed by atoms with E-state index in [1.54, 1.807) is 28.9 Å². The van der Waals surface area contributed by atoms with Gasteiger partial charge in [-0.1, -0.05) is 42.1 Å². The van der Waals surface area contributed by atoms with Crippen LogP contribution in [0.5, 0.6) is 5.75 Å². The first-order valence-electron chi connectivity index (χ1n) is 7.72. The van der Waals surface area contributed by atoms with E-state index >= 15 is 0 Å². The molecule has 26 heavy (non-hydrogen) atoms. The van der Waals surface area contributed by atoms with Crippen molar-refractivity contribution in [3.8, 4) is 11.4 Å². The van der Waals surface area contributed by atoms with E-state index in [0.717, 1.165) is 11.3 Å². The summed E-state index contributed by atoms with van der Waals surface area (Å²) < 4.78 is 1.60. The minimum atomic E-state index is -0.305. The second-order valence-electron chi connectivity index (χ2n) is 5.30. The molecule has 3 aromatic rings. The SMILES string of the molecule is Cc1ccccc1-n1nnnc1SCC(=O)N/N=C/c1ccccc1O. The number of carbonyl (C=O) groups is 1. The number of aromatic nitrogens is 4. The number of hydrogen-bond acceptors (Lipinski definition) is 7. The van der Waals surface area contributed by atoms with Crippen LogP contribution in [0.25, 0.3) is 5.69 Å². The molecule has 0 aliphatic heterocycles. The highest BCUT2D eigenvalue weighted by Crippen LogP contribution is 2.20. The highest BCUT2D eigenvalue weighted by Gasteiger charge is 2.12. The number of benzene rings is 2. The Morgan fingerprint density at radius 1 is 1.27 bits per heavy atom. The van der Waals surface area contributed by atoms with Crippen molar-refractivity contribution in [1.82, 2.24) is 25.6 Å². The van der Waals surface area contributed by atoms with Crippen molar-refractivity contribution >= 4 is 23.9 Å². The van der Waals surface area contributed by atoms with E-state index in [-0.39, 0.29) is 17.4 Å². The van der Waals surface area contributed by atoms with Crippen LogP contribution in [0.2, 0.25) is 0 Å². The van der Waals surface area contributed by atoms with Crippen molar-refractivity contribution in [3.05, 3.63) is 59.7 Å². The van der Waals surface area contributed by atoms with Crippen LogP contribution < -0.4 is 5.43 Å². The zero-order chi connectivity index (χ0) is 18.4. The van der Waals surface area contributed by atoms with Crippen LogP contribution in [-0.2, 0) is 4.79 Å². The van der Waals surface area contributed by atoms with Gasteiger partial charge in [-0.15, -0.1) is 5.10 Å². The molecule has 3 rings (SSSR count). The van der Waals surface area contributed by atoms with Crippen LogP contribution in [0.1, 0.15) is 11.1 Å². The van der Waals surface area contributed by atoms with Crippen LogP contribution >= 0.6 is 11.8 Å². The Morgan fingerprint density at radius 2 is 2.04 bits per heavy atom. The maximum Gasteiger partial charge on any atom is 0.250 e. The Bertz CT molecular complexity index is 940. The van der Waals surface area contributed by atoms with E-state index in [1.165, 1.54) is 18.0 Å². The quantitative estimate of drug-likeness (QED) is 0.391. The number of phenolic OH excluding ortho intramolecular Hbond substituents is 1. The van der Waals surface area contributed by atoms with E-state index < -0.39 is 0 Å². The van der Waals surface area contributed by atoms with Gasteiger partial charge in [0.25, 0.3) is 5.91 Å². The van der Waals surface area contributed by atoms with Gasteiger partial charge in [0, 0.05) is 5.56 Å². The van der Waals surface area contributed by atoms with Gasteiger partial charge >= 0.3 is 0 Å². The van der Waals surface area contributed by atoms with Crippen molar-refractivity contribution in [2.45, 2.75) is 12.1 Å². The maximum absolute atomic E-state index is 11.9. The van der Waals surface area contributed by atoms with Gasteiger partial charge in [-0.25, -0.2) is 5.43 Å². The van der Waals surface area contributed by atoms with Crippen molar-refractivity contribution < 1.29 is 9.90 Å². The van der Waals surface area contributed by atoms with Gasteiger partial charge in [0.05, 0.1) is 17.7 Å². The molecule has 0 aliphatic carbocycles. The topological polar surface area (TPSA) is 105 Å². The number of hydrogen-bond donors (Lipinski definition) is 2. The van der Waals surface area contributed by atoms with E-state index in [9.17, 15) is 9.90 Å². The number of nitrogens with one attached hydrogen (secondary N) is 1. The van der Waals surface area contributed by atoms with E-state index in [4.69, 9.17) is 0 Å². The molecular formula is C17H16N6O2S. The molecule has 0 spiro atoms. The number of amides is 1. The fraction of sp³-hybridized carbons (Fsp3) is 0.118. The lowest BCUT2D eigenvalue weighted by molar-refractivity contribution is -0.118. The Hall–Kier alpha value is -3.20. The van der Waals surface area contributed by atoms with E-state index in [2.05, 4.69) is 26.1 Å². The number of para-hydroxylation sites is 2. The molecular weight excluding hydrogens is 352 g/mol. The number of rotatable bonds is 6. The lowest BCUT2D eigenvalue weighted by atomic mass is 10.2. The van der Waals surface area contributed by atoms with Gasteiger partial charge in [-0.3, -0.25) is 4.79 Å². The fourth-order valence-electron chi connectivity index (χ4n) is 2.15. The molecule has 0 bridgehead atoms. The fourth-order valence-corrected chi connectivity index (χ4v) is 2.83. The zero-order valence-corrected chi connectivity index (χ0v) is 14.7. The predicted molar refractivity (Wildman–Crippen MR) is 98.5 cm³/mol. The summed E-state index contributed by atoms with van der Waals surface area (Å²) >= 11 is 1.21. The maximum atomic E-state index is 11.9. The first-order valence-corrected chi connectivity index (χ1v) is 8.71. The number of carbonyl (C=O) groups excluding carboxylic acids is 1. The first-order chi connectivity index (χ1) is 12.6. The van der Waals surface area contributed by atoms with Crippen LogP contribution in [0.4, 0.5) is 0 Å². The third kappa shape index (κ3) is 4.25. The molecule has 0 aliphatic rings. The Labute approximate surface area is 153 Å². The number of thioether (sulfide) groups is 1. The van der Waals surface area contributed by atoms with Gasteiger partial charge in [0.15, 0.2) is 0 Å². The molecule has 0 atom stereocenters. The summed E-state index contributed by atoms with van der Waals surface area (Å²) in [5.41, 5.74) is 4.82. The second-order valence-corrected chi connectivity index (χ2v) is 6.24. The van der Waals surface area contributed by atoms with Gasteiger partial charge in [0.2, 0.25) is 5.16 Å². The highest BCUT2D eigenvalue weighted by atomic mass is 32.2. The lowest BCUT2D eigenvalue weighted by Gasteiger charge is -2.06. The number of phenols is 1. The molecule has 0 saturated carbocycles. The molecule has 0 unspecified atom stereocenters. The van der Waals surface area contributed by atoms with Crippen molar-refractivity contribution in [2.24, 2.45) is 5.10 Å². The number of nitrogens with zero attached hydrogens (tertiary/aromatic N) is 5. The Kier molecular flexibility index (Phi) is 5.59. The van der Waals surface area contributed by atoms with E-state index in [0.29, 0.717) is 10.7 Å². The minimum Gasteiger partial charge on any atom is -0.507 e. The Balaban J connectivity index is 1.58. The average molecular weight is 368 g/mol. The van der Waals surface area contributed by atoms with Crippen molar-refractivity contribution in [1.29, 1.82) is 0 Å². The van der Waals surface area contributed by atoms with Crippen LogP contribution in [-0.4, -0.2) is 43.2 Å². The van der Waals surface area contributed by atoms with Gasteiger partial charge in [-0.05, 0) is 41.1 Å². The largest absolute Gasteiger partial charge is 0.507 e. The van der Waals surface area contributed by atoms with Gasteiger partial charge < -0.3 is 5.11 Å². The minimum absolute atomic E-state index is 0.0947. The lowest BCUT2D eigenvalue weighted by Crippen LogP contribution is -2.20. The zero-order valence-electron chi connectivity index (χ0n) is 13.9.